The Bertz CT molecular complexity index is 1360. The molecule has 3 aromatic rings. The van der Waals surface area contributed by atoms with E-state index in [0.717, 1.165) is 25.7 Å². The highest BCUT2D eigenvalue weighted by Gasteiger charge is 2.41. The van der Waals surface area contributed by atoms with Crippen LogP contribution in [0.3, 0.4) is 0 Å². The lowest BCUT2D eigenvalue weighted by molar-refractivity contribution is -0.627. The second-order valence-electron chi connectivity index (χ2n) is 10.7. The fourth-order valence-corrected chi connectivity index (χ4v) is 6.23. The van der Waals surface area contributed by atoms with Gasteiger partial charge < -0.3 is 4.81 Å². The van der Waals surface area contributed by atoms with Crippen LogP contribution in [0, 0.1) is 5.41 Å². The predicted molar refractivity (Wildman–Crippen MR) is 137 cm³/mol. The number of aromatic nitrogens is 1. The summed E-state index contributed by atoms with van der Waals surface area (Å²) in [6, 6.07) is 19.9. The molecule has 0 N–H and O–H groups in total. The molecule has 1 fully saturated rings. The summed E-state index contributed by atoms with van der Waals surface area (Å²) in [6.07, 6.45) is 4.21. The zero-order valence-corrected chi connectivity index (χ0v) is 20.5. The minimum atomic E-state index is -0.488. The molecule has 0 amide bonds. The van der Waals surface area contributed by atoms with Crippen molar-refractivity contribution in [2.75, 3.05) is 7.05 Å². The van der Waals surface area contributed by atoms with E-state index < -0.39 is 5.89 Å². The van der Waals surface area contributed by atoms with Crippen molar-refractivity contribution in [3.8, 4) is 0 Å². The van der Waals surface area contributed by atoms with E-state index in [9.17, 15) is 1.37 Å². The van der Waals surface area contributed by atoms with Gasteiger partial charge in [0.2, 0.25) is 5.52 Å². The van der Waals surface area contributed by atoms with Crippen LogP contribution >= 0.6 is 0 Å². The molecule has 1 aliphatic heterocycles. The summed E-state index contributed by atoms with van der Waals surface area (Å²) in [5.41, 5.74) is 6.48. The Morgan fingerprint density at radius 3 is 2.31 bits per heavy atom. The Balaban J connectivity index is 1.84. The molecule has 1 aromatic heterocycles. The molecule has 0 atom stereocenters. The topological polar surface area (TPSA) is 7.12 Å². The van der Waals surface area contributed by atoms with E-state index in [4.69, 9.17) is 0 Å². The van der Waals surface area contributed by atoms with Crippen LogP contribution in [0.1, 0.15) is 66.2 Å². The molecular weight excluding hydrogens is 387 g/mol. The number of rotatable bonds is 2. The van der Waals surface area contributed by atoms with Gasteiger partial charge >= 0.3 is 6.85 Å². The summed E-state index contributed by atoms with van der Waals surface area (Å²) in [4.78, 5) is 2.50. The average Bonchev–Trinajstić information content (AvgIpc) is 3.22. The highest BCUT2D eigenvalue weighted by molar-refractivity contribution is 6.86. The molecule has 0 radical (unpaired) electrons. The zero-order chi connectivity index (χ0) is 23.5. The molecule has 32 heavy (non-hydrogen) atoms. The number of hydrogen-bond acceptors (Lipinski definition) is 1. The molecule has 3 heteroatoms. The Morgan fingerprint density at radius 2 is 1.62 bits per heavy atom. The summed E-state index contributed by atoms with van der Waals surface area (Å²) in [5, 5.41) is 3.93. The smallest absolute Gasteiger partial charge is 0.399 e. The molecule has 0 saturated heterocycles. The maximum atomic E-state index is 9.41. The monoisotopic (exact) mass is 424 g/mol. The summed E-state index contributed by atoms with van der Waals surface area (Å²) in [5.74, 6) is -0.488. The normalized spacial score (nSPS) is 18.9. The quantitative estimate of drug-likeness (QED) is 0.445. The van der Waals surface area contributed by atoms with Gasteiger partial charge in [0.1, 0.15) is 7.05 Å². The number of nitrogens with zero attached hydrogens (tertiary/aromatic N) is 2. The summed E-state index contributed by atoms with van der Waals surface area (Å²) >= 11 is 0. The van der Waals surface area contributed by atoms with Gasteiger partial charge in [0, 0.05) is 30.0 Å². The van der Waals surface area contributed by atoms with Crippen LogP contribution in [-0.4, -0.2) is 18.7 Å². The minimum Gasteiger partial charge on any atom is -0.407 e. The summed E-state index contributed by atoms with van der Waals surface area (Å²) in [6.45, 7) is 9.37. The van der Waals surface area contributed by atoms with E-state index >= 15 is 0 Å². The zero-order valence-electron chi connectivity index (χ0n) is 21.5. The highest BCUT2D eigenvalue weighted by Crippen LogP contribution is 2.37. The van der Waals surface area contributed by atoms with Crippen LogP contribution in [0.4, 0.5) is 0 Å². The molecule has 1 saturated carbocycles. The van der Waals surface area contributed by atoms with Gasteiger partial charge in [-0.1, -0.05) is 75.5 Å². The predicted octanol–water partition coefficient (Wildman–Crippen LogP) is 4.03. The van der Waals surface area contributed by atoms with Gasteiger partial charge in [-0.3, -0.25) is 0 Å². The molecule has 164 valence electrons. The van der Waals surface area contributed by atoms with Crippen LogP contribution in [-0.2, 0) is 7.05 Å². The Kier molecular flexibility index (Phi) is 4.89. The van der Waals surface area contributed by atoms with Crippen molar-refractivity contribution < 1.29 is 5.94 Å². The first-order valence-corrected chi connectivity index (χ1v) is 12.1. The maximum Gasteiger partial charge on any atom is 0.399 e. The molecule has 2 aromatic carbocycles. The molecule has 0 bridgehead atoms. The van der Waals surface area contributed by atoms with Gasteiger partial charge in [-0.2, -0.15) is 0 Å². The average molecular weight is 424 g/mol. The second kappa shape index (κ2) is 7.80. The maximum absolute atomic E-state index is 9.41. The molecule has 1 aliphatic carbocycles. The van der Waals surface area contributed by atoms with E-state index in [-0.39, 0.29) is 12.3 Å². The van der Waals surface area contributed by atoms with Crippen molar-refractivity contribution >= 4 is 34.5 Å². The van der Waals surface area contributed by atoms with Crippen molar-refractivity contribution in [2.45, 2.75) is 59.3 Å². The first kappa shape index (κ1) is 20.1. The van der Waals surface area contributed by atoms with E-state index in [1.54, 1.807) is 0 Å². The van der Waals surface area contributed by atoms with Crippen molar-refractivity contribution in [2.24, 2.45) is 12.5 Å². The third-order valence-corrected chi connectivity index (χ3v) is 7.57. The fourth-order valence-electron chi connectivity index (χ4n) is 6.23. The van der Waals surface area contributed by atoms with Crippen LogP contribution in [0.2, 0.25) is 0 Å². The van der Waals surface area contributed by atoms with Crippen LogP contribution in [0.15, 0.2) is 54.6 Å². The van der Waals surface area contributed by atoms with E-state index in [1.807, 2.05) is 0 Å². The number of benzene rings is 2. The van der Waals surface area contributed by atoms with E-state index in [2.05, 4.69) is 106 Å². The van der Waals surface area contributed by atoms with Gasteiger partial charge in [-0.25, -0.2) is 4.57 Å². The largest absolute Gasteiger partial charge is 0.407 e. The standard InChI is InChI=1S/C29H36BN2/c1-20-22-15-9-10-17-24(22)28(29(2,3)4)32(6)30(20)27-19-25(21-13-7-8-14-21)23-16-11-12-18-26(23)31(27)5/h9-12,15-19,21H,7-8,13-14H2,1-6H3/q+1/i21D. The molecule has 2 heterocycles. The third kappa shape index (κ3) is 3.29. The SMILES string of the molecule is [2H]C1(c2cc(B3C(C)=c4ccccc4=C(C(C)(C)C)N3C)[n+](C)c3ccccc23)CCCC1. The lowest BCUT2D eigenvalue weighted by Crippen LogP contribution is -2.65. The summed E-state index contributed by atoms with van der Waals surface area (Å²) < 4.78 is 11.8. The highest BCUT2D eigenvalue weighted by atomic mass is 15.1. The van der Waals surface area contributed by atoms with Gasteiger partial charge in [0.05, 0.1) is 0 Å². The molecule has 2 aliphatic rings. The third-order valence-electron chi connectivity index (χ3n) is 7.57. The molecule has 0 unspecified atom stereocenters. The molecule has 5 rings (SSSR count). The lowest BCUT2D eigenvalue weighted by Gasteiger charge is -2.39. The van der Waals surface area contributed by atoms with Crippen molar-refractivity contribution in [3.63, 3.8) is 0 Å². The second-order valence-corrected chi connectivity index (χ2v) is 10.7. The van der Waals surface area contributed by atoms with Crippen molar-refractivity contribution in [1.29, 1.82) is 0 Å². The van der Waals surface area contributed by atoms with Gasteiger partial charge in [0.25, 0.3) is 0 Å². The molecule has 2 nitrogen and oxygen atoms in total. The van der Waals surface area contributed by atoms with Gasteiger partial charge in [-0.15, -0.1) is 0 Å². The van der Waals surface area contributed by atoms with Gasteiger partial charge in [0.15, 0.2) is 5.59 Å². The lowest BCUT2D eigenvalue weighted by atomic mass is 9.48. The van der Waals surface area contributed by atoms with Crippen molar-refractivity contribution in [1.82, 2.24) is 4.81 Å². The van der Waals surface area contributed by atoms with Crippen LogP contribution in [0.5, 0.6) is 0 Å². The molecule has 0 spiro atoms. The fraction of sp³-hybridized carbons (Fsp3) is 0.414. The van der Waals surface area contributed by atoms with Crippen LogP contribution in [0.25, 0.3) is 22.1 Å². The first-order chi connectivity index (χ1) is 15.6. The number of para-hydroxylation sites is 1. The number of aryl methyl sites for hydroxylation is 1. The van der Waals surface area contributed by atoms with E-state index in [1.165, 1.54) is 43.7 Å². The van der Waals surface area contributed by atoms with Crippen LogP contribution < -0.4 is 20.6 Å². The number of pyridine rings is 1. The van der Waals surface area contributed by atoms with Gasteiger partial charge in [-0.05, 0) is 54.8 Å². The number of fused-ring (bicyclic) bond motifs is 2. The summed E-state index contributed by atoms with van der Waals surface area (Å²) in [7, 11) is 4.46. The molecular formula is C29H36BN2+. The van der Waals surface area contributed by atoms with Crippen molar-refractivity contribution in [3.05, 3.63) is 70.6 Å². The van der Waals surface area contributed by atoms with E-state index in [0.29, 0.717) is 0 Å². The first-order valence-electron chi connectivity index (χ1n) is 12.6. The Labute approximate surface area is 194 Å². The number of hydrogen-bond donors (Lipinski definition) is 0. The Hall–Kier alpha value is -2.55. The minimum absolute atomic E-state index is 0.0180. The Morgan fingerprint density at radius 1 is 1.00 bits per heavy atom.